The van der Waals surface area contributed by atoms with Crippen molar-refractivity contribution in [3.63, 3.8) is 0 Å². The Morgan fingerprint density at radius 2 is 1.79 bits per heavy atom. The van der Waals surface area contributed by atoms with Crippen LogP contribution in [0.15, 0.2) is 47.1 Å². The van der Waals surface area contributed by atoms with Gasteiger partial charge in [-0.05, 0) is 35.9 Å². The second-order valence-electron chi connectivity index (χ2n) is 2.90. The van der Waals surface area contributed by atoms with Gasteiger partial charge in [-0.2, -0.15) is 0 Å². The first-order valence-electron chi connectivity index (χ1n) is 4.32. The van der Waals surface area contributed by atoms with E-state index in [1.807, 2.05) is 24.3 Å². The van der Waals surface area contributed by atoms with Gasteiger partial charge in [0.15, 0.2) is 0 Å². The van der Waals surface area contributed by atoms with Gasteiger partial charge in [0.1, 0.15) is 11.6 Å². The molecule has 2 heteroatoms. The highest BCUT2D eigenvalue weighted by Gasteiger charge is 1.90. The van der Waals surface area contributed by atoms with Crippen LogP contribution < -0.4 is 0 Å². The lowest BCUT2D eigenvalue weighted by Crippen LogP contribution is -1.73. The molecule has 1 heterocycles. The maximum Gasteiger partial charge on any atom is 0.126 e. The Morgan fingerprint density at radius 3 is 2.43 bits per heavy atom. The molecule has 0 unspecified atom stereocenters. The normalized spacial score (nSPS) is 10.9. The Bertz CT molecular complexity index is 412. The fourth-order valence-electron chi connectivity index (χ4n) is 1.14. The van der Waals surface area contributed by atoms with Crippen LogP contribution >= 0.6 is 0 Å². The summed E-state index contributed by atoms with van der Waals surface area (Å²) >= 11 is 0. The summed E-state index contributed by atoms with van der Waals surface area (Å²) in [5.41, 5.74) is 0.947. The predicted molar refractivity (Wildman–Crippen MR) is 54.0 cm³/mol. The molecule has 14 heavy (non-hydrogen) atoms. The second-order valence-corrected chi connectivity index (χ2v) is 2.90. The van der Waals surface area contributed by atoms with Crippen LogP contribution in [0.4, 0.5) is 4.39 Å². The SMILES string of the molecule is Fc1ccc(/C=C/c2ccco2)cc1. The first-order valence-corrected chi connectivity index (χ1v) is 4.32. The quantitative estimate of drug-likeness (QED) is 0.701. The number of hydrogen-bond acceptors (Lipinski definition) is 1. The Kier molecular flexibility index (Phi) is 2.45. The third-order valence-corrected chi connectivity index (χ3v) is 1.85. The van der Waals surface area contributed by atoms with E-state index in [1.54, 1.807) is 18.4 Å². The molecule has 0 aliphatic rings. The van der Waals surface area contributed by atoms with E-state index in [0.29, 0.717) is 0 Å². The van der Waals surface area contributed by atoms with E-state index in [0.717, 1.165) is 11.3 Å². The molecule has 1 aromatic heterocycles. The maximum atomic E-state index is 12.6. The summed E-state index contributed by atoms with van der Waals surface area (Å²) in [5.74, 6) is 0.564. The fourth-order valence-corrected chi connectivity index (χ4v) is 1.14. The minimum absolute atomic E-state index is 0.222. The third kappa shape index (κ3) is 2.10. The van der Waals surface area contributed by atoms with Gasteiger partial charge in [-0.3, -0.25) is 0 Å². The predicted octanol–water partition coefficient (Wildman–Crippen LogP) is 3.59. The van der Waals surface area contributed by atoms with Gasteiger partial charge in [0.2, 0.25) is 0 Å². The van der Waals surface area contributed by atoms with Crippen LogP contribution in [-0.4, -0.2) is 0 Å². The van der Waals surface area contributed by atoms with Crippen molar-refractivity contribution < 1.29 is 8.81 Å². The van der Waals surface area contributed by atoms with E-state index < -0.39 is 0 Å². The molecule has 70 valence electrons. The topological polar surface area (TPSA) is 13.1 Å². The average molecular weight is 188 g/mol. The largest absolute Gasteiger partial charge is 0.465 e. The zero-order valence-corrected chi connectivity index (χ0v) is 7.48. The Hall–Kier alpha value is -1.83. The van der Waals surface area contributed by atoms with E-state index in [9.17, 15) is 4.39 Å². The maximum absolute atomic E-state index is 12.6. The van der Waals surface area contributed by atoms with E-state index in [2.05, 4.69) is 0 Å². The van der Waals surface area contributed by atoms with Crippen molar-refractivity contribution in [2.75, 3.05) is 0 Å². The molecule has 0 aliphatic heterocycles. The van der Waals surface area contributed by atoms with Gasteiger partial charge in [0, 0.05) is 0 Å². The van der Waals surface area contributed by atoms with E-state index >= 15 is 0 Å². The molecular formula is C12H9FO. The number of furan rings is 1. The first-order chi connectivity index (χ1) is 6.84. The summed E-state index contributed by atoms with van der Waals surface area (Å²) in [4.78, 5) is 0. The summed E-state index contributed by atoms with van der Waals surface area (Å²) in [7, 11) is 0. The van der Waals surface area contributed by atoms with Crippen molar-refractivity contribution in [1.29, 1.82) is 0 Å². The van der Waals surface area contributed by atoms with Crippen LogP contribution in [-0.2, 0) is 0 Å². The fraction of sp³-hybridized carbons (Fsp3) is 0. The lowest BCUT2D eigenvalue weighted by atomic mass is 10.2. The van der Waals surface area contributed by atoms with Crippen LogP contribution in [0.5, 0.6) is 0 Å². The number of hydrogen-bond donors (Lipinski definition) is 0. The highest BCUT2D eigenvalue weighted by atomic mass is 19.1. The van der Waals surface area contributed by atoms with Crippen molar-refractivity contribution in [3.05, 3.63) is 59.8 Å². The van der Waals surface area contributed by atoms with Crippen LogP contribution in [0, 0.1) is 5.82 Å². The highest BCUT2D eigenvalue weighted by Crippen LogP contribution is 2.09. The summed E-state index contributed by atoms with van der Waals surface area (Å²) in [6.07, 6.45) is 5.33. The molecule has 0 spiro atoms. The molecule has 0 radical (unpaired) electrons. The minimum atomic E-state index is -0.222. The molecule has 2 rings (SSSR count). The van der Waals surface area contributed by atoms with Crippen molar-refractivity contribution in [1.82, 2.24) is 0 Å². The zero-order valence-electron chi connectivity index (χ0n) is 7.48. The van der Waals surface area contributed by atoms with Crippen LogP contribution in [0.25, 0.3) is 12.2 Å². The van der Waals surface area contributed by atoms with Crippen molar-refractivity contribution >= 4 is 12.2 Å². The van der Waals surface area contributed by atoms with Crippen molar-refractivity contribution in [2.45, 2.75) is 0 Å². The first kappa shape index (κ1) is 8.75. The summed E-state index contributed by atoms with van der Waals surface area (Å²) < 4.78 is 17.7. The molecule has 1 nitrogen and oxygen atoms in total. The lowest BCUT2D eigenvalue weighted by Gasteiger charge is -1.91. The molecule has 0 bridgehead atoms. The zero-order chi connectivity index (χ0) is 9.80. The standard InChI is InChI=1S/C12H9FO/c13-11-6-3-10(4-7-11)5-8-12-2-1-9-14-12/h1-9H/b8-5+. The van der Waals surface area contributed by atoms with Gasteiger partial charge in [-0.1, -0.05) is 18.2 Å². The number of benzene rings is 1. The lowest BCUT2D eigenvalue weighted by molar-refractivity contribution is 0.557. The summed E-state index contributed by atoms with van der Waals surface area (Å²) in [5, 5.41) is 0. The Morgan fingerprint density at radius 1 is 1.00 bits per heavy atom. The Labute approximate surface area is 81.5 Å². The van der Waals surface area contributed by atoms with Gasteiger partial charge < -0.3 is 4.42 Å². The van der Waals surface area contributed by atoms with Crippen LogP contribution in [0.2, 0.25) is 0 Å². The molecule has 0 aliphatic carbocycles. The van der Waals surface area contributed by atoms with Gasteiger partial charge >= 0.3 is 0 Å². The van der Waals surface area contributed by atoms with Gasteiger partial charge in [-0.15, -0.1) is 0 Å². The molecule has 0 atom stereocenters. The molecular weight excluding hydrogens is 179 g/mol. The van der Waals surface area contributed by atoms with Crippen molar-refractivity contribution in [3.8, 4) is 0 Å². The van der Waals surface area contributed by atoms with Crippen LogP contribution in [0.1, 0.15) is 11.3 Å². The van der Waals surface area contributed by atoms with Gasteiger partial charge in [0.05, 0.1) is 6.26 Å². The van der Waals surface area contributed by atoms with E-state index in [4.69, 9.17) is 4.42 Å². The monoisotopic (exact) mass is 188 g/mol. The molecule has 0 saturated carbocycles. The smallest absolute Gasteiger partial charge is 0.126 e. The third-order valence-electron chi connectivity index (χ3n) is 1.85. The molecule has 0 N–H and O–H groups in total. The average Bonchev–Trinajstić information content (AvgIpc) is 2.70. The van der Waals surface area contributed by atoms with E-state index in [-0.39, 0.29) is 5.82 Å². The van der Waals surface area contributed by atoms with Gasteiger partial charge in [-0.25, -0.2) is 4.39 Å². The molecule has 0 fully saturated rings. The summed E-state index contributed by atoms with van der Waals surface area (Å²) in [6.45, 7) is 0. The minimum Gasteiger partial charge on any atom is -0.465 e. The second kappa shape index (κ2) is 3.92. The highest BCUT2D eigenvalue weighted by molar-refractivity contribution is 5.67. The molecule has 1 aromatic carbocycles. The molecule has 0 amide bonds. The number of rotatable bonds is 2. The summed E-state index contributed by atoms with van der Waals surface area (Å²) in [6, 6.07) is 9.98. The Balaban J connectivity index is 2.15. The van der Waals surface area contributed by atoms with Crippen molar-refractivity contribution in [2.24, 2.45) is 0 Å². The molecule has 0 saturated heterocycles. The number of halogens is 1. The van der Waals surface area contributed by atoms with Gasteiger partial charge in [0.25, 0.3) is 0 Å². The van der Waals surface area contributed by atoms with Crippen LogP contribution in [0.3, 0.4) is 0 Å². The molecule has 2 aromatic rings. The van der Waals surface area contributed by atoms with E-state index in [1.165, 1.54) is 12.1 Å².